The predicted octanol–water partition coefficient (Wildman–Crippen LogP) is 3.78. The molecule has 3 heteroatoms. The molecule has 19 heavy (non-hydrogen) atoms. The number of nitrogens with zero attached hydrogens (tertiary/aromatic N) is 1. The fraction of sp³-hybridized carbons (Fsp3) is 0.938. The lowest BCUT2D eigenvalue weighted by atomic mass is 9.80. The zero-order chi connectivity index (χ0) is 14.5. The molecule has 1 saturated heterocycles. The molecular weight excluding hydrogens is 238 g/mol. The highest BCUT2D eigenvalue weighted by Gasteiger charge is 2.44. The maximum Gasteiger partial charge on any atom is 0.324 e. The first-order chi connectivity index (χ1) is 8.88. The molecular formula is C16H31NO2. The van der Waals surface area contributed by atoms with Gasteiger partial charge in [-0.3, -0.25) is 9.69 Å². The molecule has 0 atom stereocenters. The van der Waals surface area contributed by atoms with Crippen molar-refractivity contribution in [1.82, 2.24) is 4.90 Å². The van der Waals surface area contributed by atoms with Gasteiger partial charge in [0, 0.05) is 0 Å². The van der Waals surface area contributed by atoms with Crippen molar-refractivity contribution in [2.75, 3.05) is 13.1 Å². The average Bonchev–Trinajstić information content (AvgIpc) is 2.54. The molecule has 0 saturated carbocycles. The lowest BCUT2D eigenvalue weighted by Crippen LogP contribution is -2.56. The molecule has 0 radical (unpaired) electrons. The van der Waals surface area contributed by atoms with Crippen LogP contribution in [0.5, 0.6) is 0 Å². The Bertz CT molecular complexity index is 268. The molecule has 0 spiro atoms. The SMILES string of the molecule is CC(C)CC(CC(C)C)(C(=O)O)N1CCCCCC1. The summed E-state index contributed by atoms with van der Waals surface area (Å²) >= 11 is 0. The molecule has 1 N–H and O–H groups in total. The highest BCUT2D eigenvalue weighted by molar-refractivity contribution is 5.78. The van der Waals surface area contributed by atoms with E-state index < -0.39 is 11.5 Å². The van der Waals surface area contributed by atoms with Gasteiger partial charge in [-0.05, 0) is 50.6 Å². The summed E-state index contributed by atoms with van der Waals surface area (Å²) in [5.74, 6) is 0.216. The number of carboxylic acid groups (broad SMARTS) is 1. The Morgan fingerprint density at radius 2 is 1.42 bits per heavy atom. The molecule has 1 rings (SSSR count). The van der Waals surface area contributed by atoms with Crippen molar-refractivity contribution >= 4 is 5.97 Å². The van der Waals surface area contributed by atoms with E-state index in [1.807, 2.05) is 0 Å². The number of rotatable bonds is 6. The summed E-state index contributed by atoms with van der Waals surface area (Å²) in [7, 11) is 0. The first kappa shape index (κ1) is 16.5. The van der Waals surface area contributed by atoms with Crippen LogP contribution in [0.25, 0.3) is 0 Å². The number of aliphatic carboxylic acids is 1. The van der Waals surface area contributed by atoms with Gasteiger partial charge < -0.3 is 5.11 Å². The summed E-state index contributed by atoms with van der Waals surface area (Å²) in [5, 5.41) is 9.92. The number of carboxylic acids is 1. The largest absolute Gasteiger partial charge is 0.480 e. The standard InChI is InChI=1S/C16H31NO2/c1-13(2)11-16(15(18)19,12-14(3)4)17-9-7-5-6-8-10-17/h13-14H,5-12H2,1-4H3,(H,18,19). The van der Waals surface area contributed by atoms with E-state index in [0.717, 1.165) is 38.8 Å². The van der Waals surface area contributed by atoms with Crippen molar-refractivity contribution in [1.29, 1.82) is 0 Å². The molecule has 112 valence electrons. The second-order valence-corrected chi connectivity index (χ2v) is 6.93. The van der Waals surface area contributed by atoms with Gasteiger partial charge in [-0.2, -0.15) is 0 Å². The second kappa shape index (κ2) is 7.28. The van der Waals surface area contributed by atoms with E-state index in [1.54, 1.807) is 0 Å². The van der Waals surface area contributed by atoms with Crippen LogP contribution in [0.15, 0.2) is 0 Å². The Morgan fingerprint density at radius 1 is 1.00 bits per heavy atom. The lowest BCUT2D eigenvalue weighted by molar-refractivity contribution is -0.154. The molecule has 0 unspecified atom stereocenters. The summed E-state index contributed by atoms with van der Waals surface area (Å²) < 4.78 is 0. The molecule has 0 aromatic heterocycles. The van der Waals surface area contributed by atoms with Crippen LogP contribution in [0.3, 0.4) is 0 Å². The monoisotopic (exact) mass is 269 g/mol. The van der Waals surface area contributed by atoms with Crippen molar-refractivity contribution in [2.24, 2.45) is 11.8 Å². The van der Waals surface area contributed by atoms with Gasteiger partial charge in [-0.15, -0.1) is 0 Å². The van der Waals surface area contributed by atoms with Crippen LogP contribution in [0.2, 0.25) is 0 Å². The minimum atomic E-state index is -0.646. The summed E-state index contributed by atoms with van der Waals surface area (Å²) in [4.78, 5) is 14.3. The van der Waals surface area contributed by atoms with Gasteiger partial charge >= 0.3 is 5.97 Å². The third-order valence-electron chi connectivity index (χ3n) is 4.10. The van der Waals surface area contributed by atoms with Crippen LogP contribution in [0, 0.1) is 11.8 Å². The maximum atomic E-state index is 12.1. The Hall–Kier alpha value is -0.570. The van der Waals surface area contributed by atoms with Crippen molar-refractivity contribution in [3.05, 3.63) is 0 Å². The Kier molecular flexibility index (Phi) is 6.31. The van der Waals surface area contributed by atoms with E-state index in [-0.39, 0.29) is 0 Å². The smallest absolute Gasteiger partial charge is 0.324 e. The van der Waals surface area contributed by atoms with E-state index in [1.165, 1.54) is 12.8 Å². The van der Waals surface area contributed by atoms with Crippen molar-refractivity contribution in [3.8, 4) is 0 Å². The van der Waals surface area contributed by atoms with Crippen LogP contribution in [0.4, 0.5) is 0 Å². The van der Waals surface area contributed by atoms with Gasteiger partial charge in [-0.25, -0.2) is 0 Å². The van der Waals surface area contributed by atoms with E-state index in [4.69, 9.17) is 0 Å². The first-order valence-corrected chi connectivity index (χ1v) is 7.87. The van der Waals surface area contributed by atoms with Crippen molar-refractivity contribution in [2.45, 2.75) is 71.8 Å². The molecule has 0 aromatic carbocycles. The van der Waals surface area contributed by atoms with Gasteiger partial charge in [0.05, 0.1) is 0 Å². The molecule has 1 aliphatic heterocycles. The third-order valence-corrected chi connectivity index (χ3v) is 4.10. The van der Waals surface area contributed by atoms with Gasteiger partial charge in [0.2, 0.25) is 0 Å². The Morgan fingerprint density at radius 3 is 1.74 bits per heavy atom. The number of likely N-dealkylation sites (tertiary alicyclic amines) is 1. The second-order valence-electron chi connectivity index (χ2n) is 6.93. The third kappa shape index (κ3) is 4.48. The maximum absolute atomic E-state index is 12.1. The zero-order valence-corrected chi connectivity index (χ0v) is 13.1. The quantitative estimate of drug-likeness (QED) is 0.797. The molecule has 3 nitrogen and oxygen atoms in total. The van der Waals surface area contributed by atoms with Crippen LogP contribution in [0.1, 0.15) is 66.2 Å². The fourth-order valence-corrected chi connectivity index (χ4v) is 3.50. The molecule has 0 aromatic rings. The normalized spacial score (nSPS) is 18.8. The van der Waals surface area contributed by atoms with Gasteiger partial charge in [0.15, 0.2) is 0 Å². The topological polar surface area (TPSA) is 40.5 Å². The molecule has 0 amide bonds. The summed E-state index contributed by atoms with van der Waals surface area (Å²) in [6.07, 6.45) is 6.31. The fourth-order valence-electron chi connectivity index (χ4n) is 3.50. The van der Waals surface area contributed by atoms with Gasteiger partial charge in [0.25, 0.3) is 0 Å². The number of carbonyl (C=O) groups is 1. The summed E-state index contributed by atoms with van der Waals surface area (Å²) in [6, 6.07) is 0. The average molecular weight is 269 g/mol. The minimum Gasteiger partial charge on any atom is -0.480 e. The van der Waals surface area contributed by atoms with E-state index in [0.29, 0.717) is 11.8 Å². The van der Waals surface area contributed by atoms with Crippen LogP contribution >= 0.6 is 0 Å². The highest BCUT2D eigenvalue weighted by Crippen LogP contribution is 2.33. The van der Waals surface area contributed by atoms with E-state index >= 15 is 0 Å². The van der Waals surface area contributed by atoms with Crippen molar-refractivity contribution < 1.29 is 9.90 Å². The highest BCUT2D eigenvalue weighted by atomic mass is 16.4. The number of hydrogen-bond donors (Lipinski definition) is 1. The summed E-state index contributed by atoms with van der Waals surface area (Å²) in [5.41, 5.74) is -0.646. The summed E-state index contributed by atoms with van der Waals surface area (Å²) in [6.45, 7) is 10.4. The van der Waals surface area contributed by atoms with Crippen LogP contribution in [-0.4, -0.2) is 34.6 Å². The van der Waals surface area contributed by atoms with Crippen LogP contribution < -0.4 is 0 Å². The molecule has 0 aliphatic carbocycles. The van der Waals surface area contributed by atoms with Gasteiger partial charge in [0.1, 0.15) is 5.54 Å². The van der Waals surface area contributed by atoms with E-state index in [2.05, 4.69) is 32.6 Å². The lowest BCUT2D eigenvalue weighted by Gasteiger charge is -2.42. The van der Waals surface area contributed by atoms with Crippen molar-refractivity contribution in [3.63, 3.8) is 0 Å². The predicted molar refractivity (Wildman–Crippen MR) is 79.3 cm³/mol. The zero-order valence-electron chi connectivity index (χ0n) is 13.1. The number of hydrogen-bond acceptors (Lipinski definition) is 2. The molecule has 0 bridgehead atoms. The Balaban J connectivity index is 3.00. The minimum absolute atomic E-state index is 0.415. The molecule has 1 aliphatic rings. The molecule has 1 fully saturated rings. The molecule has 1 heterocycles. The Labute approximate surface area is 118 Å². The van der Waals surface area contributed by atoms with Gasteiger partial charge in [-0.1, -0.05) is 40.5 Å². The van der Waals surface area contributed by atoms with E-state index in [9.17, 15) is 9.90 Å². The van der Waals surface area contributed by atoms with Crippen LogP contribution in [-0.2, 0) is 4.79 Å². The first-order valence-electron chi connectivity index (χ1n) is 7.87.